The molecule has 0 bridgehead atoms. The summed E-state index contributed by atoms with van der Waals surface area (Å²) in [6.45, 7) is 0.917. The predicted octanol–water partition coefficient (Wildman–Crippen LogP) is 2.00. The molecule has 0 saturated heterocycles. The van der Waals surface area contributed by atoms with Crippen molar-refractivity contribution in [2.24, 2.45) is 5.92 Å². The number of rotatable bonds is 7. The second-order valence-electron chi connectivity index (χ2n) is 4.97. The van der Waals surface area contributed by atoms with Crippen LogP contribution < -0.4 is 5.32 Å². The molecule has 1 atom stereocenters. The summed E-state index contributed by atoms with van der Waals surface area (Å²) < 4.78 is 18.2. The molecule has 0 radical (unpaired) electrons. The van der Waals surface area contributed by atoms with Crippen LogP contribution in [0.15, 0.2) is 18.2 Å². The number of hydrogen-bond acceptors (Lipinski definition) is 3. The van der Waals surface area contributed by atoms with Gasteiger partial charge in [0.15, 0.2) is 0 Å². The smallest absolute Gasteiger partial charge is 0.252 e. The summed E-state index contributed by atoms with van der Waals surface area (Å²) in [5.41, 5.74) is 0.180. The Morgan fingerprint density at radius 3 is 2.95 bits per heavy atom. The van der Waals surface area contributed by atoms with E-state index in [9.17, 15) is 14.3 Å². The molecule has 1 aromatic carbocycles. The van der Waals surface area contributed by atoms with E-state index >= 15 is 0 Å². The Bertz CT molecular complexity index is 479. The third kappa shape index (κ3) is 4.74. The van der Waals surface area contributed by atoms with Crippen molar-refractivity contribution in [1.29, 1.82) is 0 Å². The highest BCUT2D eigenvalue weighted by atomic mass is 35.5. The molecule has 1 saturated carbocycles. The SMILES string of the molecule is O=C(NCC(O)COCC1CC1)c1ccc(F)cc1Cl. The highest BCUT2D eigenvalue weighted by molar-refractivity contribution is 6.33. The molecule has 20 heavy (non-hydrogen) atoms. The average molecular weight is 302 g/mol. The molecule has 0 spiro atoms. The van der Waals surface area contributed by atoms with Crippen molar-refractivity contribution in [3.05, 3.63) is 34.6 Å². The van der Waals surface area contributed by atoms with Crippen LogP contribution in [0, 0.1) is 11.7 Å². The second-order valence-corrected chi connectivity index (χ2v) is 5.38. The van der Waals surface area contributed by atoms with E-state index in [0.717, 1.165) is 12.1 Å². The molecular weight excluding hydrogens is 285 g/mol. The Morgan fingerprint density at radius 1 is 1.55 bits per heavy atom. The van der Waals surface area contributed by atoms with E-state index in [2.05, 4.69) is 5.32 Å². The number of amides is 1. The Balaban J connectivity index is 1.72. The standard InChI is InChI=1S/C14H17ClFNO3/c15-13-5-10(16)3-4-12(13)14(19)17-6-11(18)8-20-7-9-1-2-9/h3-5,9,11,18H,1-2,6-8H2,(H,17,19). The summed E-state index contributed by atoms with van der Waals surface area (Å²) >= 11 is 5.78. The number of halogens is 2. The first-order valence-electron chi connectivity index (χ1n) is 6.55. The van der Waals surface area contributed by atoms with E-state index in [4.69, 9.17) is 16.3 Å². The molecular formula is C14H17ClFNO3. The molecule has 0 aromatic heterocycles. The first kappa shape index (κ1) is 15.2. The van der Waals surface area contributed by atoms with Crippen molar-refractivity contribution in [3.63, 3.8) is 0 Å². The molecule has 1 amide bonds. The quantitative estimate of drug-likeness (QED) is 0.810. The van der Waals surface area contributed by atoms with E-state index in [0.29, 0.717) is 12.5 Å². The van der Waals surface area contributed by atoms with Gasteiger partial charge in [0, 0.05) is 13.2 Å². The molecule has 0 aliphatic heterocycles. The summed E-state index contributed by atoms with van der Waals surface area (Å²) in [6.07, 6.45) is 1.61. The molecule has 110 valence electrons. The molecule has 1 aliphatic carbocycles. The Morgan fingerprint density at radius 2 is 2.30 bits per heavy atom. The maximum absolute atomic E-state index is 12.9. The van der Waals surface area contributed by atoms with Crippen LogP contribution in [0.25, 0.3) is 0 Å². The normalized spacial score (nSPS) is 15.9. The minimum atomic E-state index is -0.767. The zero-order valence-electron chi connectivity index (χ0n) is 10.9. The van der Waals surface area contributed by atoms with E-state index < -0.39 is 17.8 Å². The number of carbonyl (C=O) groups is 1. The van der Waals surface area contributed by atoms with Gasteiger partial charge in [0.25, 0.3) is 5.91 Å². The van der Waals surface area contributed by atoms with Crippen molar-refractivity contribution >= 4 is 17.5 Å². The lowest BCUT2D eigenvalue weighted by molar-refractivity contribution is 0.0321. The minimum Gasteiger partial charge on any atom is -0.389 e. The predicted molar refractivity (Wildman–Crippen MR) is 73.3 cm³/mol. The van der Waals surface area contributed by atoms with E-state index in [-0.39, 0.29) is 23.7 Å². The zero-order valence-corrected chi connectivity index (χ0v) is 11.7. The molecule has 1 fully saturated rings. The van der Waals surface area contributed by atoms with Gasteiger partial charge in [0.2, 0.25) is 0 Å². The van der Waals surface area contributed by atoms with Gasteiger partial charge in [-0.3, -0.25) is 4.79 Å². The Hall–Kier alpha value is -1.17. The molecule has 2 rings (SSSR count). The third-order valence-electron chi connectivity index (χ3n) is 3.03. The summed E-state index contributed by atoms with van der Waals surface area (Å²) in [4.78, 5) is 11.8. The van der Waals surface area contributed by atoms with E-state index in [1.165, 1.54) is 18.9 Å². The summed E-state index contributed by atoms with van der Waals surface area (Å²) in [5, 5.41) is 12.2. The van der Waals surface area contributed by atoms with E-state index in [1.54, 1.807) is 0 Å². The number of aliphatic hydroxyl groups is 1. The fourth-order valence-electron chi connectivity index (χ4n) is 1.69. The van der Waals surface area contributed by atoms with Crippen LogP contribution in [0.5, 0.6) is 0 Å². The van der Waals surface area contributed by atoms with Crippen LogP contribution in [0.3, 0.4) is 0 Å². The van der Waals surface area contributed by atoms with Gasteiger partial charge in [-0.15, -0.1) is 0 Å². The molecule has 2 N–H and O–H groups in total. The molecule has 1 aromatic rings. The maximum Gasteiger partial charge on any atom is 0.252 e. The van der Waals surface area contributed by atoms with Crippen LogP contribution in [-0.2, 0) is 4.74 Å². The third-order valence-corrected chi connectivity index (χ3v) is 3.35. The van der Waals surface area contributed by atoms with E-state index in [1.807, 2.05) is 0 Å². The summed E-state index contributed by atoms with van der Waals surface area (Å²) in [7, 11) is 0. The Kier molecular flexibility index (Phi) is 5.34. The molecule has 6 heteroatoms. The lowest BCUT2D eigenvalue weighted by atomic mass is 10.2. The van der Waals surface area contributed by atoms with Crippen LogP contribution in [-0.4, -0.2) is 36.9 Å². The largest absolute Gasteiger partial charge is 0.389 e. The van der Waals surface area contributed by atoms with Crippen LogP contribution in [0.2, 0.25) is 5.02 Å². The number of benzene rings is 1. The van der Waals surface area contributed by atoms with Gasteiger partial charge in [-0.1, -0.05) is 11.6 Å². The van der Waals surface area contributed by atoms with Gasteiger partial charge in [0.1, 0.15) is 5.82 Å². The second kappa shape index (κ2) is 7.02. The molecule has 1 unspecified atom stereocenters. The Labute approximate surface area is 121 Å². The van der Waals surface area contributed by atoms with Gasteiger partial charge in [0.05, 0.1) is 23.3 Å². The van der Waals surface area contributed by atoms with Gasteiger partial charge < -0.3 is 15.2 Å². The lowest BCUT2D eigenvalue weighted by Gasteiger charge is -2.12. The van der Waals surface area contributed by atoms with Crippen molar-refractivity contribution in [1.82, 2.24) is 5.32 Å². The number of ether oxygens (including phenoxy) is 1. The average Bonchev–Trinajstić information content (AvgIpc) is 3.20. The minimum absolute atomic E-state index is 0.0435. The number of hydrogen-bond donors (Lipinski definition) is 2. The fraction of sp³-hybridized carbons (Fsp3) is 0.500. The number of nitrogens with one attached hydrogen (secondary N) is 1. The fourth-order valence-corrected chi connectivity index (χ4v) is 1.95. The molecule has 1 aliphatic rings. The lowest BCUT2D eigenvalue weighted by Crippen LogP contribution is -2.34. The van der Waals surface area contributed by atoms with Crippen molar-refractivity contribution in [3.8, 4) is 0 Å². The zero-order chi connectivity index (χ0) is 14.5. The van der Waals surface area contributed by atoms with Crippen molar-refractivity contribution < 1.29 is 19.0 Å². The molecule has 4 nitrogen and oxygen atoms in total. The van der Waals surface area contributed by atoms with Crippen molar-refractivity contribution in [2.75, 3.05) is 19.8 Å². The summed E-state index contributed by atoms with van der Waals surface area (Å²) in [5.74, 6) is -0.314. The van der Waals surface area contributed by atoms with Crippen LogP contribution in [0.1, 0.15) is 23.2 Å². The van der Waals surface area contributed by atoms with Gasteiger partial charge in [-0.25, -0.2) is 4.39 Å². The monoisotopic (exact) mass is 301 g/mol. The number of carbonyl (C=O) groups excluding carboxylic acids is 1. The topological polar surface area (TPSA) is 58.6 Å². The molecule has 0 heterocycles. The van der Waals surface area contributed by atoms with Gasteiger partial charge in [-0.2, -0.15) is 0 Å². The first-order chi connectivity index (χ1) is 9.56. The van der Waals surface area contributed by atoms with Crippen LogP contribution >= 0.6 is 11.6 Å². The maximum atomic E-state index is 12.9. The number of aliphatic hydroxyl groups excluding tert-OH is 1. The highest BCUT2D eigenvalue weighted by Gasteiger charge is 2.21. The van der Waals surface area contributed by atoms with Crippen molar-refractivity contribution in [2.45, 2.75) is 18.9 Å². The highest BCUT2D eigenvalue weighted by Crippen LogP contribution is 2.28. The van der Waals surface area contributed by atoms with Gasteiger partial charge >= 0.3 is 0 Å². The van der Waals surface area contributed by atoms with Crippen LogP contribution in [0.4, 0.5) is 4.39 Å². The first-order valence-corrected chi connectivity index (χ1v) is 6.93. The summed E-state index contributed by atoms with van der Waals surface area (Å²) in [6, 6.07) is 3.55. The van der Waals surface area contributed by atoms with Gasteiger partial charge in [-0.05, 0) is 37.0 Å².